The Kier molecular flexibility index (Phi) is 6.44. The fourth-order valence-electron chi connectivity index (χ4n) is 3.14. The van der Waals surface area contributed by atoms with Crippen molar-refractivity contribution in [1.82, 2.24) is 5.32 Å². The highest BCUT2D eigenvalue weighted by molar-refractivity contribution is 6.42. The van der Waals surface area contributed by atoms with Crippen LogP contribution in [0.15, 0.2) is 72.3 Å². The SMILES string of the molecule is O=C1NC(=O)N(c2ccccc2Cl)C(=O)/C1=C/c1ccc(OCc2ccc(F)cc2)c(Cl)c1. The van der Waals surface area contributed by atoms with Gasteiger partial charge in [0.1, 0.15) is 23.7 Å². The summed E-state index contributed by atoms with van der Waals surface area (Å²) in [4.78, 5) is 38.4. The number of imide groups is 2. The number of urea groups is 1. The van der Waals surface area contributed by atoms with Gasteiger partial charge in [-0.2, -0.15) is 0 Å². The van der Waals surface area contributed by atoms with Crippen molar-refractivity contribution in [2.45, 2.75) is 6.61 Å². The normalized spacial score (nSPS) is 15.1. The molecule has 4 amide bonds. The van der Waals surface area contributed by atoms with Crippen LogP contribution in [0.25, 0.3) is 6.08 Å². The van der Waals surface area contributed by atoms with Gasteiger partial charge in [0.25, 0.3) is 11.8 Å². The third-order valence-corrected chi connectivity index (χ3v) is 5.38. The quantitative estimate of drug-likeness (QED) is 0.389. The molecule has 0 radical (unpaired) electrons. The van der Waals surface area contributed by atoms with Crippen molar-refractivity contribution in [2.75, 3.05) is 4.90 Å². The number of carbonyl (C=O) groups is 3. The van der Waals surface area contributed by atoms with E-state index >= 15 is 0 Å². The molecule has 0 spiro atoms. The topological polar surface area (TPSA) is 75.7 Å². The number of para-hydroxylation sites is 1. The van der Waals surface area contributed by atoms with Crippen LogP contribution in [0.1, 0.15) is 11.1 Å². The lowest BCUT2D eigenvalue weighted by molar-refractivity contribution is -0.122. The van der Waals surface area contributed by atoms with Crippen LogP contribution in [0.5, 0.6) is 5.75 Å². The molecule has 0 aliphatic carbocycles. The predicted octanol–water partition coefficient (Wildman–Crippen LogP) is 5.38. The number of amides is 4. The zero-order valence-corrected chi connectivity index (χ0v) is 18.4. The largest absolute Gasteiger partial charge is 0.487 e. The first-order chi connectivity index (χ1) is 15.8. The van der Waals surface area contributed by atoms with Gasteiger partial charge in [-0.05, 0) is 53.6 Å². The molecule has 1 fully saturated rings. The average Bonchev–Trinajstić information content (AvgIpc) is 2.78. The Morgan fingerprint density at radius 1 is 0.939 bits per heavy atom. The summed E-state index contributed by atoms with van der Waals surface area (Å²) in [5, 5.41) is 2.57. The molecule has 0 aromatic heterocycles. The molecule has 0 saturated carbocycles. The maximum atomic E-state index is 13.0. The first-order valence-corrected chi connectivity index (χ1v) is 10.4. The van der Waals surface area contributed by atoms with Gasteiger partial charge in [-0.25, -0.2) is 14.1 Å². The van der Waals surface area contributed by atoms with Crippen LogP contribution in [0, 0.1) is 5.82 Å². The monoisotopic (exact) mass is 484 g/mol. The molecule has 0 atom stereocenters. The number of carbonyl (C=O) groups excluding carboxylic acids is 3. The Bertz CT molecular complexity index is 1290. The number of nitrogens with one attached hydrogen (secondary N) is 1. The molecular weight excluding hydrogens is 470 g/mol. The maximum absolute atomic E-state index is 13.0. The second kappa shape index (κ2) is 9.44. The Balaban J connectivity index is 1.57. The van der Waals surface area contributed by atoms with E-state index in [4.69, 9.17) is 27.9 Å². The van der Waals surface area contributed by atoms with Crippen molar-refractivity contribution in [2.24, 2.45) is 0 Å². The van der Waals surface area contributed by atoms with E-state index in [1.165, 1.54) is 36.4 Å². The minimum absolute atomic E-state index is 0.155. The van der Waals surface area contributed by atoms with Gasteiger partial charge >= 0.3 is 6.03 Å². The summed E-state index contributed by atoms with van der Waals surface area (Å²) in [5.41, 5.74) is 1.10. The first kappa shape index (κ1) is 22.5. The summed E-state index contributed by atoms with van der Waals surface area (Å²) in [6.45, 7) is 0.177. The minimum atomic E-state index is -0.891. The van der Waals surface area contributed by atoms with Crippen molar-refractivity contribution in [3.8, 4) is 5.75 Å². The Morgan fingerprint density at radius 2 is 1.67 bits per heavy atom. The number of hydrogen-bond acceptors (Lipinski definition) is 4. The molecule has 1 heterocycles. The van der Waals surface area contributed by atoms with Crippen molar-refractivity contribution >= 4 is 52.8 Å². The number of hydrogen-bond donors (Lipinski definition) is 1. The molecule has 9 heteroatoms. The molecule has 6 nitrogen and oxygen atoms in total. The lowest BCUT2D eigenvalue weighted by Crippen LogP contribution is -2.54. The van der Waals surface area contributed by atoms with Crippen molar-refractivity contribution in [3.05, 3.63) is 99.3 Å². The molecule has 3 aromatic rings. The molecule has 0 bridgehead atoms. The van der Waals surface area contributed by atoms with Gasteiger partial charge in [-0.15, -0.1) is 0 Å². The number of anilines is 1. The minimum Gasteiger partial charge on any atom is -0.487 e. The molecule has 0 unspecified atom stereocenters. The van der Waals surface area contributed by atoms with Gasteiger partial charge in [-0.1, -0.05) is 53.5 Å². The highest BCUT2D eigenvalue weighted by atomic mass is 35.5. The maximum Gasteiger partial charge on any atom is 0.335 e. The summed E-state index contributed by atoms with van der Waals surface area (Å²) in [7, 11) is 0. The van der Waals surface area contributed by atoms with Crippen molar-refractivity contribution < 1.29 is 23.5 Å². The van der Waals surface area contributed by atoms with Gasteiger partial charge in [0.2, 0.25) is 0 Å². The summed E-state index contributed by atoms with van der Waals surface area (Å²) < 4.78 is 18.7. The van der Waals surface area contributed by atoms with Crippen LogP contribution in [-0.2, 0) is 16.2 Å². The van der Waals surface area contributed by atoms with Crippen LogP contribution >= 0.6 is 23.2 Å². The van der Waals surface area contributed by atoms with E-state index in [1.807, 2.05) is 0 Å². The van der Waals surface area contributed by atoms with E-state index in [-0.39, 0.29) is 33.7 Å². The molecule has 1 aliphatic heterocycles. The molecular formula is C24H15Cl2FN2O4. The van der Waals surface area contributed by atoms with E-state index in [1.54, 1.807) is 36.4 Å². The predicted molar refractivity (Wildman–Crippen MR) is 123 cm³/mol. The first-order valence-electron chi connectivity index (χ1n) is 9.66. The van der Waals surface area contributed by atoms with Crippen molar-refractivity contribution in [3.63, 3.8) is 0 Å². The number of halogens is 3. The van der Waals surface area contributed by atoms with Gasteiger partial charge in [0.15, 0.2) is 0 Å². The summed E-state index contributed by atoms with van der Waals surface area (Å²) in [6, 6.07) is 16.0. The van der Waals surface area contributed by atoms with Gasteiger partial charge in [0, 0.05) is 0 Å². The summed E-state index contributed by atoms with van der Waals surface area (Å²) in [6.07, 6.45) is 1.32. The second-order valence-electron chi connectivity index (χ2n) is 7.01. The Hall–Kier alpha value is -3.68. The molecule has 1 aliphatic rings. The van der Waals surface area contributed by atoms with Crippen LogP contribution in [-0.4, -0.2) is 17.8 Å². The summed E-state index contributed by atoms with van der Waals surface area (Å²) in [5.74, 6) is -1.62. The van der Waals surface area contributed by atoms with E-state index in [0.717, 1.165) is 10.5 Å². The molecule has 1 saturated heterocycles. The molecule has 4 rings (SSSR count). The standard InChI is InChI=1S/C24H15Cl2FN2O4/c25-18-3-1-2-4-20(18)29-23(31)17(22(30)28-24(29)32)11-15-7-10-21(19(26)12-15)33-13-14-5-8-16(27)9-6-14/h1-12H,13H2,(H,28,30,32)/b17-11+. The average molecular weight is 485 g/mol. The number of ether oxygens (including phenoxy) is 1. The van der Waals surface area contributed by atoms with Gasteiger partial charge in [0.05, 0.1) is 15.7 Å². The third kappa shape index (κ3) is 4.89. The zero-order chi connectivity index (χ0) is 23.5. The highest BCUT2D eigenvalue weighted by Crippen LogP contribution is 2.30. The zero-order valence-electron chi connectivity index (χ0n) is 16.8. The van der Waals surface area contributed by atoms with Gasteiger partial charge in [-0.3, -0.25) is 14.9 Å². The van der Waals surface area contributed by atoms with E-state index < -0.39 is 17.8 Å². The summed E-state index contributed by atoms with van der Waals surface area (Å²) >= 11 is 12.4. The lowest BCUT2D eigenvalue weighted by Gasteiger charge is -2.27. The Morgan fingerprint density at radius 3 is 2.36 bits per heavy atom. The molecule has 1 N–H and O–H groups in total. The second-order valence-corrected chi connectivity index (χ2v) is 7.83. The highest BCUT2D eigenvalue weighted by Gasteiger charge is 2.37. The van der Waals surface area contributed by atoms with E-state index in [9.17, 15) is 18.8 Å². The number of nitrogens with zero attached hydrogens (tertiary/aromatic N) is 1. The number of rotatable bonds is 5. The van der Waals surface area contributed by atoms with E-state index in [0.29, 0.717) is 11.3 Å². The smallest absolute Gasteiger partial charge is 0.335 e. The van der Waals surface area contributed by atoms with Gasteiger partial charge < -0.3 is 4.74 Å². The van der Waals surface area contributed by atoms with Crippen molar-refractivity contribution in [1.29, 1.82) is 0 Å². The van der Waals surface area contributed by atoms with Crippen LogP contribution in [0.4, 0.5) is 14.9 Å². The van der Waals surface area contributed by atoms with Crippen LogP contribution in [0.2, 0.25) is 10.0 Å². The lowest BCUT2D eigenvalue weighted by atomic mass is 10.1. The molecule has 33 heavy (non-hydrogen) atoms. The molecule has 3 aromatic carbocycles. The van der Waals surface area contributed by atoms with Crippen LogP contribution < -0.4 is 15.0 Å². The fraction of sp³-hybridized carbons (Fsp3) is 0.0417. The fourth-order valence-corrected chi connectivity index (χ4v) is 3.61. The Labute approximate surface area is 198 Å². The molecule has 166 valence electrons. The van der Waals surface area contributed by atoms with Crippen LogP contribution in [0.3, 0.4) is 0 Å². The number of benzene rings is 3. The third-order valence-electron chi connectivity index (χ3n) is 4.77. The van der Waals surface area contributed by atoms with E-state index in [2.05, 4.69) is 5.32 Å². The number of barbiturate groups is 1.